The minimum absolute atomic E-state index is 0.532. The van der Waals surface area contributed by atoms with Gasteiger partial charge in [-0.1, -0.05) is 26.7 Å². The van der Waals surface area contributed by atoms with Gasteiger partial charge in [-0.15, -0.1) is 0 Å². The smallest absolute Gasteiger partial charge is 0.155 e. The van der Waals surface area contributed by atoms with Gasteiger partial charge in [0.1, 0.15) is 6.33 Å². The van der Waals surface area contributed by atoms with Crippen LogP contribution >= 0.6 is 0 Å². The molecule has 108 valence electrons. The third-order valence-electron chi connectivity index (χ3n) is 3.60. The first kappa shape index (κ1) is 15.7. The number of rotatable bonds is 8. The van der Waals surface area contributed by atoms with Crippen molar-refractivity contribution in [1.29, 1.82) is 0 Å². The van der Waals surface area contributed by atoms with Crippen molar-refractivity contribution in [1.82, 2.24) is 9.97 Å². The van der Waals surface area contributed by atoms with Gasteiger partial charge < -0.3 is 10.2 Å². The number of nitrogens with zero attached hydrogens (tertiary/aromatic N) is 3. The molecule has 1 aromatic rings. The Hall–Kier alpha value is -1.32. The number of aromatic nitrogens is 2. The van der Waals surface area contributed by atoms with Crippen LogP contribution in [0.3, 0.4) is 0 Å². The Morgan fingerprint density at radius 1 is 1.16 bits per heavy atom. The topological polar surface area (TPSA) is 41.1 Å². The van der Waals surface area contributed by atoms with E-state index in [1.165, 1.54) is 31.4 Å². The molecule has 1 rings (SSSR count). The molecule has 19 heavy (non-hydrogen) atoms. The second-order valence-corrected chi connectivity index (χ2v) is 5.00. The molecule has 0 aromatic carbocycles. The van der Waals surface area contributed by atoms with Crippen molar-refractivity contribution in [2.75, 3.05) is 30.9 Å². The largest absolute Gasteiger partial charge is 0.384 e. The van der Waals surface area contributed by atoms with Gasteiger partial charge in [-0.05, 0) is 19.8 Å². The van der Waals surface area contributed by atoms with Crippen molar-refractivity contribution >= 4 is 11.5 Å². The first-order valence-corrected chi connectivity index (χ1v) is 7.43. The fourth-order valence-electron chi connectivity index (χ4n) is 2.49. The summed E-state index contributed by atoms with van der Waals surface area (Å²) in [6, 6.07) is 0. The van der Waals surface area contributed by atoms with Gasteiger partial charge in [0.05, 0.1) is 11.4 Å². The summed E-state index contributed by atoms with van der Waals surface area (Å²) in [6.45, 7) is 7.55. The molecular weight excluding hydrogens is 236 g/mol. The maximum Gasteiger partial charge on any atom is 0.155 e. The van der Waals surface area contributed by atoms with Crippen LogP contribution in [-0.2, 0) is 0 Å². The van der Waals surface area contributed by atoms with Gasteiger partial charge in [-0.2, -0.15) is 0 Å². The molecule has 4 heteroatoms. The molecule has 0 atom stereocenters. The minimum Gasteiger partial charge on any atom is -0.384 e. The van der Waals surface area contributed by atoms with E-state index < -0.39 is 0 Å². The van der Waals surface area contributed by atoms with E-state index in [4.69, 9.17) is 0 Å². The summed E-state index contributed by atoms with van der Waals surface area (Å²) in [6.07, 6.45) is 6.47. The van der Waals surface area contributed by atoms with Crippen LogP contribution in [0.2, 0.25) is 0 Å². The Bertz CT molecular complexity index is 372. The second-order valence-electron chi connectivity index (χ2n) is 5.00. The number of hydrogen-bond donors (Lipinski definition) is 1. The van der Waals surface area contributed by atoms with E-state index in [1.54, 1.807) is 6.33 Å². The normalized spacial score (nSPS) is 10.8. The zero-order valence-electron chi connectivity index (χ0n) is 13.0. The molecule has 0 amide bonds. The molecule has 0 fully saturated rings. The molecule has 4 nitrogen and oxygen atoms in total. The zero-order valence-corrected chi connectivity index (χ0v) is 13.0. The summed E-state index contributed by atoms with van der Waals surface area (Å²) in [4.78, 5) is 11.2. The third-order valence-corrected chi connectivity index (χ3v) is 3.60. The Labute approximate surface area is 117 Å². The van der Waals surface area contributed by atoms with Crippen molar-refractivity contribution in [3.8, 4) is 0 Å². The molecule has 0 aliphatic heterocycles. The van der Waals surface area contributed by atoms with Crippen LogP contribution in [-0.4, -0.2) is 30.6 Å². The van der Waals surface area contributed by atoms with E-state index >= 15 is 0 Å². The summed E-state index contributed by atoms with van der Waals surface area (Å²) in [7, 11) is 4.03. The van der Waals surface area contributed by atoms with Gasteiger partial charge in [0.2, 0.25) is 0 Å². The standard InChI is InChI=1S/C15H28N4/c1-6-9-12(10-7-2)13-14(16-4)15(18-11-17-13)19(5)8-3/h11-12,16H,6-10H2,1-5H3. The van der Waals surface area contributed by atoms with Crippen LogP contribution in [0.5, 0.6) is 0 Å². The van der Waals surface area contributed by atoms with E-state index in [2.05, 4.69) is 48.0 Å². The van der Waals surface area contributed by atoms with Crippen molar-refractivity contribution in [2.24, 2.45) is 0 Å². The highest BCUT2D eigenvalue weighted by molar-refractivity contribution is 5.68. The van der Waals surface area contributed by atoms with Crippen molar-refractivity contribution in [3.05, 3.63) is 12.0 Å². The summed E-state index contributed by atoms with van der Waals surface area (Å²) in [5, 5.41) is 3.31. The van der Waals surface area contributed by atoms with Crippen LogP contribution < -0.4 is 10.2 Å². The van der Waals surface area contributed by atoms with Crippen LogP contribution in [0.4, 0.5) is 11.5 Å². The van der Waals surface area contributed by atoms with E-state index in [0.29, 0.717) is 5.92 Å². The molecule has 1 aromatic heterocycles. The lowest BCUT2D eigenvalue weighted by Gasteiger charge is -2.24. The zero-order chi connectivity index (χ0) is 14.3. The highest BCUT2D eigenvalue weighted by Gasteiger charge is 2.19. The predicted octanol–water partition coefficient (Wildman–Crippen LogP) is 3.66. The fourth-order valence-corrected chi connectivity index (χ4v) is 2.49. The number of hydrogen-bond acceptors (Lipinski definition) is 4. The van der Waals surface area contributed by atoms with E-state index in [9.17, 15) is 0 Å². The second kappa shape index (κ2) is 7.97. The predicted molar refractivity (Wildman–Crippen MR) is 83.1 cm³/mol. The highest BCUT2D eigenvalue weighted by atomic mass is 15.2. The Balaban J connectivity index is 3.17. The molecule has 0 saturated heterocycles. The Morgan fingerprint density at radius 3 is 2.26 bits per heavy atom. The highest BCUT2D eigenvalue weighted by Crippen LogP contribution is 2.34. The molecule has 1 heterocycles. The molecule has 0 aliphatic rings. The molecular formula is C15H28N4. The van der Waals surface area contributed by atoms with Crippen LogP contribution in [0, 0.1) is 0 Å². The average Bonchev–Trinajstić information content (AvgIpc) is 2.45. The van der Waals surface area contributed by atoms with E-state index in [0.717, 1.165) is 18.1 Å². The van der Waals surface area contributed by atoms with Crippen LogP contribution in [0.15, 0.2) is 6.33 Å². The minimum atomic E-state index is 0.532. The molecule has 0 radical (unpaired) electrons. The van der Waals surface area contributed by atoms with Gasteiger partial charge in [-0.3, -0.25) is 0 Å². The van der Waals surface area contributed by atoms with Gasteiger partial charge in [0.25, 0.3) is 0 Å². The quantitative estimate of drug-likeness (QED) is 0.778. The van der Waals surface area contributed by atoms with Crippen LogP contribution in [0.25, 0.3) is 0 Å². The molecule has 0 aliphatic carbocycles. The fraction of sp³-hybridized carbons (Fsp3) is 0.733. The molecule has 0 spiro atoms. The Kier molecular flexibility index (Phi) is 6.60. The molecule has 0 unspecified atom stereocenters. The molecule has 1 N–H and O–H groups in total. The van der Waals surface area contributed by atoms with Crippen molar-refractivity contribution in [2.45, 2.75) is 52.4 Å². The van der Waals surface area contributed by atoms with E-state index in [-0.39, 0.29) is 0 Å². The lowest BCUT2D eigenvalue weighted by Crippen LogP contribution is -2.20. The van der Waals surface area contributed by atoms with Gasteiger partial charge in [0, 0.05) is 26.6 Å². The van der Waals surface area contributed by atoms with Gasteiger partial charge in [-0.25, -0.2) is 9.97 Å². The van der Waals surface area contributed by atoms with E-state index in [1.807, 2.05) is 7.05 Å². The first-order chi connectivity index (χ1) is 9.19. The number of nitrogens with one attached hydrogen (secondary N) is 1. The summed E-state index contributed by atoms with van der Waals surface area (Å²) in [5.41, 5.74) is 2.27. The van der Waals surface area contributed by atoms with Crippen LogP contribution in [0.1, 0.15) is 58.1 Å². The molecule has 0 bridgehead atoms. The maximum atomic E-state index is 4.56. The average molecular weight is 264 g/mol. The van der Waals surface area contributed by atoms with Gasteiger partial charge in [0.15, 0.2) is 5.82 Å². The maximum absolute atomic E-state index is 4.56. The summed E-state index contributed by atoms with van der Waals surface area (Å²) >= 11 is 0. The summed E-state index contributed by atoms with van der Waals surface area (Å²) in [5.74, 6) is 1.54. The Morgan fingerprint density at radius 2 is 1.79 bits per heavy atom. The van der Waals surface area contributed by atoms with Crippen molar-refractivity contribution < 1.29 is 0 Å². The lowest BCUT2D eigenvalue weighted by molar-refractivity contribution is 0.548. The summed E-state index contributed by atoms with van der Waals surface area (Å²) < 4.78 is 0. The SMILES string of the molecule is CCCC(CCC)c1ncnc(N(C)CC)c1NC. The van der Waals surface area contributed by atoms with Gasteiger partial charge >= 0.3 is 0 Å². The van der Waals surface area contributed by atoms with Crippen molar-refractivity contribution in [3.63, 3.8) is 0 Å². The lowest BCUT2D eigenvalue weighted by atomic mass is 9.93. The monoisotopic (exact) mass is 264 g/mol. The molecule has 0 saturated carbocycles. The third kappa shape index (κ3) is 3.82. The first-order valence-electron chi connectivity index (χ1n) is 7.43. The number of anilines is 2.